The topological polar surface area (TPSA) is 40.5 Å². The van der Waals surface area contributed by atoms with Gasteiger partial charge < -0.3 is 10.2 Å². The third-order valence-corrected chi connectivity index (χ3v) is 0.264. The molecule has 1 atom stereocenters. The molecule has 6 heavy (non-hydrogen) atoms. The summed E-state index contributed by atoms with van der Waals surface area (Å²) in [6.45, 7) is 1.39. The average Bonchev–Trinajstić information content (AvgIpc) is 1.38. The predicted molar refractivity (Wildman–Crippen MR) is 24.5 cm³/mol. The van der Waals surface area contributed by atoms with E-state index in [1.165, 1.54) is 6.92 Å². The molecule has 0 bridgehead atoms. The third kappa shape index (κ3) is 8.82. The summed E-state index contributed by atoms with van der Waals surface area (Å²) in [6, 6.07) is 0. The van der Waals surface area contributed by atoms with Gasteiger partial charge in [0.25, 0.3) is 0 Å². The van der Waals surface area contributed by atoms with Crippen LogP contribution in [0.5, 0.6) is 0 Å². The summed E-state index contributed by atoms with van der Waals surface area (Å²) in [4.78, 5) is 0. The van der Waals surface area contributed by atoms with Crippen LogP contribution in [0.3, 0.4) is 0 Å². The molecular formula is C3H8MgO2. The fourth-order valence-electron chi connectivity index (χ4n) is 0. The summed E-state index contributed by atoms with van der Waals surface area (Å²) in [7, 11) is 0. The van der Waals surface area contributed by atoms with Crippen LogP contribution in [0.4, 0.5) is 0 Å². The van der Waals surface area contributed by atoms with Gasteiger partial charge >= 0.3 is 0 Å². The van der Waals surface area contributed by atoms with Gasteiger partial charge in [0.2, 0.25) is 0 Å². The van der Waals surface area contributed by atoms with Crippen molar-refractivity contribution >= 4 is 23.1 Å². The molecule has 0 spiro atoms. The Balaban J connectivity index is 0. The van der Waals surface area contributed by atoms with Crippen LogP contribution in [0.15, 0.2) is 0 Å². The van der Waals surface area contributed by atoms with E-state index in [0.29, 0.717) is 0 Å². The molecule has 1 unspecified atom stereocenters. The maximum absolute atomic E-state index is 8.11. The second-order valence-corrected chi connectivity index (χ2v) is 1.03. The Morgan fingerprint density at radius 3 is 1.83 bits per heavy atom. The quantitative estimate of drug-likeness (QED) is 0.414. The number of hydrogen-bond acceptors (Lipinski definition) is 2. The summed E-state index contributed by atoms with van der Waals surface area (Å²) in [5.74, 6) is 0. The van der Waals surface area contributed by atoms with Gasteiger partial charge in [-0.15, -0.1) is 0 Å². The molecule has 2 radical (unpaired) electrons. The lowest BCUT2D eigenvalue weighted by molar-refractivity contribution is 0.110. The van der Waals surface area contributed by atoms with Gasteiger partial charge in [-0.2, -0.15) is 0 Å². The molecule has 0 saturated carbocycles. The van der Waals surface area contributed by atoms with Crippen LogP contribution in [0, 0.1) is 0 Å². The van der Waals surface area contributed by atoms with Crippen molar-refractivity contribution in [2.75, 3.05) is 6.61 Å². The van der Waals surface area contributed by atoms with Crippen molar-refractivity contribution in [3.8, 4) is 0 Å². The van der Waals surface area contributed by atoms with Gasteiger partial charge in [0.05, 0.1) is 12.7 Å². The zero-order valence-corrected chi connectivity index (χ0v) is 5.30. The molecule has 0 rings (SSSR count). The molecule has 0 aromatic carbocycles. The normalized spacial score (nSPS) is 12.5. The molecule has 0 aromatic rings. The van der Waals surface area contributed by atoms with E-state index in [1.807, 2.05) is 0 Å². The summed E-state index contributed by atoms with van der Waals surface area (Å²) >= 11 is 0. The zero-order valence-electron chi connectivity index (χ0n) is 3.89. The first kappa shape index (κ1) is 9.84. The van der Waals surface area contributed by atoms with Crippen LogP contribution in [0.2, 0.25) is 0 Å². The Morgan fingerprint density at radius 1 is 1.67 bits per heavy atom. The van der Waals surface area contributed by atoms with Crippen molar-refractivity contribution in [2.45, 2.75) is 13.0 Å². The molecule has 0 aliphatic carbocycles. The fraction of sp³-hybridized carbons (Fsp3) is 1.00. The van der Waals surface area contributed by atoms with Gasteiger partial charge in [-0.25, -0.2) is 0 Å². The molecule has 3 heteroatoms. The molecule has 0 heterocycles. The highest BCUT2D eigenvalue weighted by Gasteiger charge is 1.83. The number of aliphatic hydroxyl groups excluding tert-OH is 2. The van der Waals surface area contributed by atoms with E-state index in [4.69, 9.17) is 10.2 Å². The lowest BCUT2D eigenvalue weighted by atomic mass is 10.5. The van der Waals surface area contributed by atoms with Crippen molar-refractivity contribution in [2.24, 2.45) is 0 Å². The summed E-state index contributed by atoms with van der Waals surface area (Å²) in [5, 5.41) is 16.0. The van der Waals surface area contributed by atoms with E-state index in [9.17, 15) is 0 Å². The largest absolute Gasteiger partial charge is 0.394 e. The molecule has 2 nitrogen and oxygen atoms in total. The van der Waals surface area contributed by atoms with Crippen LogP contribution in [0.1, 0.15) is 6.92 Å². The lowest BCUT2D eigenvalue weighted by Crippen LogP contribution is -2.03. The van der Waals surface area contributed by atoms with E-state index in [0.717, 1.165) is 0 Å². The molecule has 0 aliphatic heterocycles. The zero-order chi connectivity index (χ0) is 4.28. The predicted octanol–water partition coefficient (Wildman–Crippen LogP) is -1.02. The minimum Gasteiger partial charge on any atom is -0.394 e. The van der Waals surface area contributed by atoms with Crippen LogP contribution < -0.4 is 0 Å². The fourth-order valence-corrected chi connectivity index (χ4v) is 0. The van der Waals surface area contributed by atoms with Crippen LogP contribution in [-0.2, 0) is 0 Å². The number of rotatable bonds is 1. The summed E-state index contributed by atoms with van der Waals surface area (Å²) in [5.41, 5.74) is 0. The Bertz CT molecular complexity index is 22.8. The SMILES string of the molecule is CC(O)CO.[Mg]. The minimum absolute atomic E-state index is 0. The average molecular weight is 100 g/mol. The van der Waals surface area contributed by atoms with Gasteiger partial charge in [-0.05, 0) is 6.92 Å². The Kier molecular flexibility index (Phi) is 9.33. The van der Waals surface area contributed by atoms with Crippen LogP contribution in [0.25, 0.3) is 0 Å². The van der Waals surface area contributed by atoms with Crippen molar-refractivity contribution in [3.05, 3.63) is 0 Å². The first-order valence-electron chi connectivity index (χ1n) is 1.56. The second-order valence-electron chi connectivity index (χ2n) is 1.03. The standard InChI is InChI=1S/C3H8O2.Mg/c1-3(5)2-4;/h3-5H,2H2,1H3;. The molecule has 0 aromatic heterocycles. The highest BCUT2D eigenvalue weighted by atomic mass is 24.3. The maximum Gasteiger partial charge on any atom is 0.0742 e. The molecule has 2 N–H and O–H groups in total. The van der Waals surface area contributed by atoms with Gasteiger partial charge in [0.15, 0.2) is 0 Å². The van der Waals surface area contributed by atoms with E-state index >= 15 is 0 Å². The number of aliphatic hydroxyl groups is 2. The maximum atomic E-state index is 8.11. The van der Waals surface area contributed by atoms with Crippen molar-refractivity contribution in [1.82, 2.24) is 0 Å². The Morgan fingerprint density at radius 2 is 1.83 bits per heavy atom. The Hall–Kier alpha value is 0.686. The van der Waals surface area contributed by atoms with E-state index in [1.54, 1.807) is 0 Å². The van der Waals surface area contributed by atoms with Gasteiger partial charge in [-0.1, -0.05) is 0 Å². The molecular weight excluding hydrogens is 92.3 g/mol. The second kappa shape index (κ2) is 5.69. The van der Waals surface area contributed by atoms with E-state index < -0.39 is 6.10 Å². The third-order valence-electron chi connectivity index (χ3n) is 0.264. The van der Waals surface area contributed by atoms with Crippen molar-refractivity contribution in [1.29, 1.82) is 0 Å². The van der Waals surface area contributed by atoms with Gasteiger partial charge in [-0.3, -0.25) is 0 Å². The van der Waals surface area contributed by atoms with Crippen molar-refractivity contribution in [3.63, 3.8) is 0 Å². The van der Waals surface area contributed by atoms with E-state index in [2.05, 4.69) is 0 Å². The van der Waals surface area contributed by atoms with E-state index in [-0.39, 0.29) is 29.7 Å². The highest BCUT2D eigenvalue weighted by Crippen LogP contribution is 1.68. The van der Waals surface area contributed by atoms with Crippen LogP contribution in [-0.4, -0.2) is 46.0 Å². The monoisotopic (exact) mass is 100 g/mol. The van der Waals surface area contributed by atoms with Crippen molar-refractivity contribution < 1.29 is 10.2 Å². The minimum atomic E-state index is -0.560. The lowest BCUT2D eigenvalue weighted by Gasteiger charge is -1.90. The molecule has 0 fully saturated rings. The Labute approximate surface area is 53.3 Å². The number of hydrogen-bond donors (Lipinski definition) is 2. The molecule has 0 aliphatic rings. The highest BCUT2D eigenvalue weighted by molar-refractivity contribution is 5.75. The molecule has 0 saturated heterocycles. The molecule has 0 amide bonds. The summed E-state index contributed by atoms with van der Waals surface area (Å²) < 4.78 is 0. The van der Waals surface area contributed by atoms with Gasteiger partial charge in [0.1, 0.15) is 0 Å². The summed E-state index contributed by atoms with van der Waals surface area (Å²) in [6.07, 6.45) is -0.560. The first-order chi connectivity index (χ1) is 2.27. The molecule has 34 valence electrons. The first-order valence-corrected chi connectivity index (χ1v) is 1.56. The van der Waals surface area contributed by atoms with Gasteiger partial charge in [0, 0.05) is 23.1 Å². The van der Waals surface area contributed by atoms with Crippen LogP contribution >= 0.6 is 0 Å². The smallest absolute Gasteiger partial charge is 0.0742 e.